The first-order chi connectivity index (χ1) is 9.28. The molecule has 1 aromatic rings. The molecule has 0 aliphatic carbocycles. The van der Waals surface area contributed by atoms with E-state index in [2.05, 4.69) is 0 Å². The fourth-order valence-corrected chi connectivity index (χ4v) is 4.48. The molecule has 0 N–H and O–H groups in total. The van der Waals surface area contributed by atoms with Crippen LogP contribution in [0.5, 0.6) is 5.75 Å². The van der Waals surface area contributed by atoms with E-state index in [1.807, 2.05) is 0 Å². The Labute approximate surface area is 131 Å². The standard InChI is InChI=1S/C12H11Cl3O4S/c13-8-1-2-9(14)12(11(8)15)19-10(16)5-7-3-4-20(17,18)6-7/h1-2,7H,3-6H2/t7-/m0/s1. The smallest absolute Gasteiger partial charge is 0.311 e. The molecule has 0 spiro atoms. The van der Waals surface area contributed by atoms with Gasteiger partial charge in [0, 0.05) is 6.42 Å². The number of esters is 1. The third-order valence-electron chi connectivity index (χ3n) is 3.00. The van der Waals surface area contributed by atoms with E-state index in [-0.39, 0.29) is 44.7 Å². The average molecular weight is 358 g/mol. The number of carbonyl (C=O) groups is 1. The third-order valence-corrected chi connectivity index (χ3v) is 5.92. The Hall–Kier alpha value is -0.490. The Morgan fingerprint density at radius 3 is 2.50 bits per heavy atom. The van der Waals surface area contributed by atoms with Crippen molar-refractivity contribution < 1.29 is 17.9 Å². The predicted octanol–water partition coefficient (Wildman–Crippen LogP) is 3.38. The zero-order chi connectivity index (χ0) is 14.9. The van der Waals surface area contributed by atoms with E-state index in [0.29, 0.717) is 6.42 Å². The lowest BCUT2D eigenvalue weighted by Gasteiger charge is -2.11. The van der Waals surface area contributed by atoms with Gasteiger partial charge in [0.05, 0.1) is 21.6 Å². The van der Waals surface area contributed by atoms with Gasteiger partial charge >= 0.3 is 5.97 Å². The summed E-state index contributed by atoms with van der Waals surface area (Å²) in [5.41, 5.74) is 0. The lowest BCUT2D eigenvalue weighted by molar-refractivity contribution is -0.135. The molecule has 0 unspecified atom stereocenters. The highest BCUT2D eigenvalue weighted by molar-refractivity contribution is 7.91. The maximum Gasteiger partial charge on any atom is 0.311 e. The Bertz CT molecular complexity index is 642. The van der Waals surface area contributed by atoms with Crippen LogP contribution in [0.15, 0.2) is 12.1 Å². The van der Waals surface area contributed by atoms with E-state index in [4.69, 9.17) is 39.5 Å². The number of sulfone groups is 1. The Balaban J connectivity index is 2.04. The summed E-state index contributed by atoms with van der Waals surface area (Å²) < 4.78 is 27.7. The molecule has 1 saturated heterocycles. The molecule has 1 fully saturated rings. The van der Waals surface area contributed by atoms with Gasteiger partial charge in [-0.3, -0.25) is 4.79 Å². The van der Waals surface area contributed by atoms with E-state index in [1.165, 1.54) is 12.1 Å². The van der Waals surface area contributed by atoms with Gasteiger partial charge in [-0.05, 0) is 24.5 Å². The summed E-state index contributed by atoms with van der Waals surface area (Å²) >= 11 is 17.6. The second-order valence-electron chi connectivity index (χ2n) is 4.62. The number of carbonyl (C=O) groups excluding carboxylic acids is 1. The van der Waals surface area contributed by atoms with Crippen molar-refractivity contribution in [3.05, 3.63) is 27.2 Å². The third kappa shape index (κ3) is 3.79. The quantitative estimate of drug-likeness (QED) is 0.473. The van der Waals surface area contributed by atoms with Gasteiger partial charge in [0.25, 0.3) is 0 Å². The van der Waals surface area contributed by atoms with Crippen LogP contribution < -0.4 is 4.74 Å². The largest absolute Gasteiger partial charge is 0.423 e. The van der Waals surface area contributed by atoms with Crippen LogP contribution in [0.25, 0.3) is 0 Å². The number of hydrogen-bond acceptors (Lipinski definition) is 4. The molecular weight excluding hydrogens is 347 g/mol. The zero-order valence-electron chi connectivity index (χ0n) is 10.2. The fraction of sp³-hybridized carbons (Fsp3) is 0.417. The van der Waals surface area contributed by atoms with Crippen LogP contribution in [0.2, 0.25) is 15.1 Å². The van der Waals surface area contributed by atoms with Crippen molar-refractivity contribution in [2.45, 2.75) is 12.8 Å². The van der Waals surface area contributed by atoms with E-state index in [9.17, 15) is 13.2 Å². The Morgan fingerprint density at radius 2 is 1.90 bits per heavy atom. The molecule has 1 aliphatic heterocycles. The van der Waals surface area contributed by atoms with Gasteiger partial charge in [0.15, 0.2) is 15.6 Å². The van der Waals surface area contributed by atoms with E-state index >= 15 is 0 Å². The van der Waals surface area contributed by atoms with Gasteiger partial charge < -0.3 is 4.74 Å². The van der Waals surface area contributed by atoms with Gasteiger partial charge in [0.1, 0.15) is 5.02 Å². The molecular formula is C12H11Cl3O4S. The van der Waals surface area contributed by atoms with Crippen molar-refractivity contribution in [2.24, 2.45) is 5.92 Å². The molecule has 20 heavy (non-hydrogen) atoms. The van der Waals surface area contributed by atoms with E-state index < -0.39 is 15.8 Å². The fourth-order valence-electron chi connectivity index (χ4n) is 2.03. The van der Waals surface area contributed by atoms with Crippen LogP contribution in [-0.4, -0.2) is 25.9 Å². The Kier molecular flexibility index (Phi) is 4.84. The number of rotatable bonds is 3. The van der Waals surface area contributed by atoms with E-state index in [1.54, 1.807) is 0 Å². The first-order valence-electron chi connectivity index (χ1n) is 5.83. The van der Waals surface area contributed by atoms with Gasteiger partial charge in [-0.15, -0.1) is 0 Å². The van der Waals surface area contributed by atoms with Crippen LogP contribution in [-0.2, 0) is 14.6 Å². The van der Waals surface area contributed by atoms with Crippen molar-refractivity contribution in [3.8, 4) is 5.75 Å². The molecule has 0 bridgehead atoms. The highest BCUT2D eigenvalue weighted by Gasteiger charge is 2.30. The normalized spacial score (nSPS) is 20.9. The highest BCUT2D eigenvalue weighted by atomic mass is 35.5. The van der Waals surface area contributed by atoms with Crippen LogP contribution in [0.3, 0.4) is 0 Å². The summed E-state index contributed by atoms with van der Waals surface area (Å²) in [7, 11) is -3.02. The topological polar surface area (TPSA) is 60.4 Å². The SMILES string of the molecule is O=C(C[C@@H]1CCS(=O)(=O)C1)Oc1c(Cl)ccc(Cl)c1Cl. The molecule has 1 aromatic carbocycles. The molecule has 0 saturated carbocycles. The second-order valence-corrected chi connectivity index (χ2v) is 8.04. The lowest BCUT2D eigenvalue weighted by atomic mass is 10.1. The van der Waals surface area contributed by atoms with Crippen molar-refractivity contribution in [2.75, 3.05) is 11.5 Å². The number of hydrogen-bond donors (Lipinski definition) is 0. The summed E-state index contributed by atoms with van der Waals surface area (Å²) in [6.45, 7) is 0. The maximum absolute atomic E-state index is 11.8. The minimum atomic E-state index is -3.02. The van der Waals surface area contributed by atoms with Crippen molar-refractivity contribution >= 4 is 50.6 Å². The number of benzene rings is 1. The predicted molar refractivity (Wildman–Crippen MR) is 78.5 cm³/mol. The van der Waals surface area contributed by atoms with Crippen LogP contribution in [0, 0.1) is 5.92 Å². The summed E-state index contributed by atoms with van der Waals surface area (Å²) in [6.07, 6.45) is 0.479. The maximum atomic E-state index is 11.8. The van der Waals surface area contributed by atoms with Gasteiger partial charge in [-0.2, -0.15) is 0 Å². The molecule has 8 heteroatoms. The minimum absolute atomic E-state index is 0.00619. The monoisotopic (exact) mass is 356 g/mol. The van der Waals surface area contributed by atoms with Crippen molar-refractivity contribution in [3.63, 3.8) is 0 Å². The summed E-state index contributed by atoms with van der Waals surface area (Å²) in [6, 6.07) is 2.96. The molecule has 2 rings (SSSR count). The van der Waals surface area contributed by atoms with Crippen molar-refractivity contribution in [1.29, 1.82) is 0 Å². The molecule has 1 heterocycles. The average Bonchev–Trinajstić information content (AvgIpc) is 2.69. The van der Waals surface area contributed by atoms with Gasteiger partial charge in [-0.25, -0.2) is 8.42 Å². The number of ether oxygens (including phenoxy) is 1. The molecule has 0 amide bonds. The van der Waals surface area contributed by atoms with Gasteiger partial charge in [0.2, 0.25) is 0 Å². The first-order valence-corrected chi connectivity index (χ1v) is 8.78. The second kappa shape index (κ2) is 6.10. The Morgan fingerprint density at radius 1 is 1.25 bits per heavy atom. The minimum Gasteiger partial charge on any atom is -0.423 e. The van der Waals surface area contributed by atoms with Crippen LogP contribution >= 0.6 is 34.8 Å². The van der Waals surface area contributed by atoms with Crippen LogP contribution in [0.4, 0.5) is 0 Å². The molecule has 0 aromatic heterocycles. The van der Waals surface area contributed by atoms with Gasteiger partial charge in [-0.1, -0.05) is 34.8 Å². The molecule has 1 aliphatic rings. The summed E-state index contributed by atoms with van der Waals surface area (Å²) in [4.78, 5) is 11.8. The molecule has 4 nitrogen and oxygen atoms in total. The summed E-state index contributed by atoms with van der Waals surface area (Å²) in [5.74, 6) is -0.656. The molecule has 1 atom stereocenters. The van der Waals surface area contributed by atoms with Crippen molar-refractivity contribution in [1.82, 2.24) is 0 Å². The van der Waals surface area contributed by atoms with E-state index in [0.717, 1.165) is 0 Å². The first kappa shape index (κ1) is 15.9. The molecule has 0 radical (unpaired) electrons. The zero-order valence-corrected chi connectivity index (χ0v) is 13.3. The summed E-state index contributed by atoms with van der Waals surface area (Å²) in [5, 5.41) is 0.459. The molecule has 110 valence electrons. The van der Waals surface area contributed by atoms with Crippen LogP contribution in [0.1, 0.15) is 12.8 Å². The highest BCUT2D eigenvalue weighted by Crippen LogP contribution is 2.38. The lowest BCUT2D eigenvalue weighted by Crippen LogP contribution is -2.15. The number of halogens is 3.